The smallest absolute Gasteiger partial charge is 0.280 e. The molecular formula is C24H28N4O2. The second kappa shape index (κ2) is 8.71. The molecule has 0 saturated carbocycles. The minimum atomic E-state index is -0.203. The predicted molar refractivity (Wildman–Crippen MR) is 123 cm³/mol. The molecule has 1 unspecified atom stereocenters. The van der Waals surface area contributed by atoms with Gasteiger partial charge >= 0.3 is 0 Å². The number of anilines is 1. The van der Waals surface area contributed by atoms with Crippen LogP contribution in [0, 0.1) is 0 Å². The third-order valence-corrected chi connectivity index (χ3v) is 5.59. The molecule has 1 aliphatic heterocycles. The second-order valence-corrected chi connectivity index (χ2v) is 7.41. The van der Waals surface area contributed by atoms with E-state index in [9.17, 15) is 9.90 Å². The molecule has 0 aliphatic carbocycles. The summed E-state index contributed by atoms with van der Waals surface area (Å²) in [5.41, 5.74) is 3.48. The van der Waals surface area contributed by atoms with Crippen molar-refractivity contribution in [3.8, 4) is 5.69 Å². The van der Waals surface area contributed by atoms with E-state index in [-0.39, 0.29) is 11.7 Å². The standard InChI is InChI=1S/C22H22N4O2.C2H6/c27-17-7-4-11-25(12-10-17)16-8-9-18-20(13-16)23-14-19-21(18)24-26(22(19)28)15-5-2-1-3-6-15;1-2/h1-3,5-6,8-9,13-14,17,24,27H,4,7,10-12H2;1-2H3. The average molecular weight is 405 g/mol. The van der Waals surface area contributed by atoms with E-state index in [1.165, 1.54) is 0 Å². The lowest BCUT2D eigenvalue weighted by Crippen LogP contribution is -2.24. The highest BCUT2D eigenvalue weighted by Gasteiger charge is 2.17. The molecule has 156 valence electrons. The van der Waals surface area contributed by atoms with Gasteiger partial charge in [-0.1, -0.05) is 32.0 Å². The Kier molecular flexibility index (Phi) is 5.86. The Morgan fingerprint density at radius 3 is 2.60 bits per heavy atom. The Labute approximate surface area is 175 Å². The lowest BCUT2D eigenvalue weighted by molar-refractivity contribution is 0.161. The van der Waals surface area contributed by atoms with Gasteiger partial charge in [0, 0.05) is 30.4 Å². The molecule has 0 radical (unpaired) electrons. The lowest BCUT2D eigenvalue weighted by atomic mass is 10.1. The van der Waals surface area contributed by atoms with E-state index < -0.39 is 0 Å². The molecule has 1 fully saturated rings. The molecule has 0 amide bonds. The number of aromatic nitrogens is 3. The molecule has 6 nitrogen and oxygen atoms in total. The van der Waals surface area contributed by atoms with Crippen molar-refractivity contribution in [2.75, 3.05) is 18.0 Å². The number of aliphatic hydroxyl groups is 1. The van der Waals surface area contributed by atoms with Gasteiger partial charge < -0.3 is 10.0 Å². The maximum atomic E-state index is 12.8. The Morgan fingerprint density at radius 2 is 1.80 bits per heavy atom. The minimum absolute atomic E-state index is 0.0961. The van der Waals surface area contributed by atoms with Gasteiger partial charge in [-0.15, -0.1) is 0 Å². The number of hydrogen-bond acceptors (Lipinski definition) is 4. The summed E-state index contributed by atoms with van der Waals surface area (Å²) in [6.45, 7) is 5.78. The summed E-state index contributed by atoms with van der Waals surface area (Å²) in [5.74, 6) is 0. The lowest BCUT2D eigenvalue weighted by Gasteiger charge is -2.22. The van der Waals surface area contributed by atoms with E-state index in [2.05, 4.69) is 27.1 Å². The van der Waals surface area contributed by atoms with Crippen LogP contribution in [-0.4, -0.2) is 39.1 Å². The van der Waals surface area contributed by atoms with Crippen molar-refractivity contribution in [2.45, 2.75) is 39.2 Å². The average Bonchev–Trinajstić information content (AvgIpc) is 2.98. The van der Waals surface area contributed by atoms with Crippen molar-refractivity contribution < 1.29 is 5.11 Å². The van der Waals surface area contributed by atoms with Crippen LogP contribution in [0.3, 0.4) is 0 Å². The summed E-state index contributed by atoms with van der Waals surface area (Å²) in [6.07, 6.45) is 4.09. The van der Waals surface area contributed by atoms with Crippen molar-refractivity contribution in [1.29, 1.82) is 0 Å². The van der Waals surface area contributed by atoms with E-state index >= 15 is 0 Å². The zero-order chi connectivity index (χ0) is 21.1. The van der Waals surface area contributed by atoms with Crippen molar-refractivity contribution in [3.63, 3.8) is 0 Å². The molecule has 0 bridgehead atoms. The largest absolute Gasteiger partial charge is 0.393 e. The number of aromatic amines is 1. The number of nitrogens with one attached hydrogen (secondary N) is 1. The minimum Gasteiger partial charge on any atom is -0.393 e. The van der Waals surface area contributed by atoms with Gasteiger partial charge in [0.25, 0.3) is 5.56 Å². The molecule has 6 heteroatoms. The van der Waals surface area contributed by atoms with Crippen LogP contribution in [-0.2, 0) is 0 Å². The Bertz CT molecular complexity index is 1200. The topological polar surface area (TPSA) is 74.2 Å². The highest BCUT2D eigenvalue weighted by atomic mass is 16.3. The molecule has 5 rings (SSSR count). The normalized spacial score (nSPS) is 16.9. The van der Waals surface area contributed by atoms with Crippen LogP contribution < -0.4 is 10.5 Å². The number of pyridine rings is 1. The van der Waals surface area contributed by atoms with Gasteiger partial charge in [0.15, 0.2) is 0 Å². The molecule has 1 aliphatic rings. The second-order valence-electron chi connectivity index (χ2n) is 7.41. The SMILES string of the molecule is CC.O=c1c2cnc3cc(N4CCCC(O)CC4)ccc3c2[nH]n1-c1ccccc1. The number of para-hydroxylation sites is 1. The summed E-state index contributed by atoms with van der Waals surface area (Å²) in [4.78, 5) is 19.7. The van der Waals surface area contributed by atoms with Crippen molar-refractivity contribution in [3.05, 3.63) is 65.1 Å². The molecule has 0 spiro atoms. The van der Waals surface area contributed by atoms with Crippen molar-refractivity contribution >= 4 is 27.5 Å². The highest BCUT2D eigenvalue weighted by molar-refractivity contribution is 6.03. The molecule has 1 saturated heterocycles. The highest BCUT2D eigenvalue weighted by Crippen LogP contribution is 2.27. The van der Waals surface area contributed by atoms with E-state index in [1.807, 2.05) is 50.2 Å². The molecule has 2 N–H and O–H groups in total. The van der Waals surface area contributed by atoms with Crippen LogP contribution in [0.25, 0.3) is 27.5 Å². The number of fused-ring (bicyclic) bond motifs is 3. The van der Waals surface area contributed by atoms with Crippen molar-refractivity contribution in [2.24, 2.45) is 0 Å². The molecule has 2 aromatic heterocycles. The van der Waals surface area contributed by atoms with Gasteiger partial charge in [0.2, 0.25) is 0 Å². The summed E-state index contributed by atoms with van der Waals surface area (Å²) >= 11 is 0. The van der Waals surface area contributed by atoms with Crippen LogP contribution in [0.5, 0.6) is 0 Å². The van der Waals surface area contributed by atoms with Gasteiger partial charge in [-0.05, 0) is 49.6 Å². The van der Waals surface area contributed by atoms with Gasteiger partial charge in [-0.25, -0.2) is 4.68 Å². The maximum Gasteiger partial charge on any atom is 0.280 e. The van der Waals surface area contributed by atoms with E-state index in [0.29, 0.717) is 5.39 Å². The van der Waals surface area contributed by atoms with Crippen LogP contribution in [0.1, 0.15) is 33.1 Å². The summed E-state index contributed by atoms with van der Waals surface area (Å²) in [7, 11) is 0. The predicted octanol–water partition coefficient (Wildman–Crippen LogP) is 4.24. The number of H-pyrrole nitrogens is 1. The monoisotopic (exact) mass is 404 g/mol. The molecule has 30 heavy (non-hydrogen) atoms. The van der Waals surface area contributed by atoms with Crippen molar-refractivity contribution in [1.82, 2.24) is 14.8 Å². The van der Waals surface area contributed by atoms with E-state index in [4.69, 9.17) is 0 Å². The quantitative estimate of drug-likeness (QED) is 0.524. The van der Waals surface area contributed by atoms with Crippen LogP contribution in [0.15, 0.2) is 59.5 Å². The first-order valence-corrected chi connectivity index (χ1v) is 10.7. The van der Waals surface area contributed by atoms with E-state index in [0.717, 1.165) is 60.1 Å². The summed E-state index contributed by atoms with van der Waals surface area (Å²) in [6, 6.07) is 15.7. The maximum absolute atomic E-state index is 12.8. The number of rotatable bonds is 2. The summed E-state index contributed by atoms with van der Waals surface area (Å²) in [5, 5.41) is 14.7. The van der Waals surface area contributed by atoms with Crippen LogP contribution >= 0.6 is 0 Å². The number of nitrogens with zero attached hydrogens (tertiary/aromatic N) is 3. The first-order chi connectivity index (χ1) is 14.7. The third kappa shape index (κ3) is 3.71. The molecule has 1 atom stereocenters. The van der Waals surface area contributed by atoms with E-state index in [1.54, 1.807) is 10.9 Å². The first-order valence-electron chi connectivity index (χ1n) is 10.7. The van der Waals surface area contributed by atoms with Gasteiger partial charge in [0.1, 0.15) is 0 Å². The Morgan fingerprint density at radius 1 is 1.00 bits per heavy atom. The fraction of sp³-hybridized carbons (Fsp3) is 0.333. The summed E-state index contributed by atoms with van der Waals surface area (Å²) < 4.78 is 1.57. The Balaban J connectivity index is 0.00000106. The first kappa shape index (κ1) is 20.2. The van der Waals surface area contributed by atoms with Gasteiger partial charge in [0.05, 0.1) is 28.2 Å². The molecule has 2 aromatic carbocycles. The van der Waals surface area contributed by atoms with Gasteiger partial charge in [-0.2, -0.15) is 0 Å². The number of benzene rings is 2. The van der Waals surface area contributed by atoms with Crippen LogP contribution in [0.4, 0.5) is 5.69 Å². The molecule has 4 aromatic rings. The fourth-order valence-electron chi connectivity index (χ4n) is 4.04. The number of hydrogen-bond donors (Lipinski definition) is 2. The molecular weight excluding hydrogens is 376 g/mol. The number of aliphatic hydroxyl groups excluding tert-OH is 1. The zero-order valence-electron chi connectivity index (χ0n) is 17.5. The van der Waals surface area contributed by atoms with Gasteiger partial charge in [-0.3, -0.25) is 14.9 Å². The van der Waals surface area contributed by atoms with Crippen LogP contribution in [0.2, 0.25) is 0 Å². The molecule has 3 heterocycles. The Hall–Kier alpha value is -3.12. The fourth-order valence-corrected chi connectivity index (χ4v) is 4.04. The third-order valence-electron chi connectivity index (χ3n) is 5.59. The zero-order valence-corrected chi connectivity index (χ0v) is 17.5.